The summed E-state index contributed by atoms with van der Waals surface area (Å²) in [5, 5.41) is 0. The largest absolute Gasteiger partial charge is 0.304 e. The molecule has 0 unspecified atom stereocenters. The van der Waals surface area contributed by atoms with Crippen LogP contribution in [0.3, 0.4) is 0 Å². The van der Waals surface area contributed by atoms with Gasteiger partial charge in [-0.25, -0.2) is 0 Å². The first-order valence-corrected chi connectivity index (χ1v) is 0.813. The van der Waals surface area contributed by atoms with Crippen molar-refractivity contribution in [2.45, 2.75) is 6.92 Å². The Kier molecular flexibility index (Phi) is 23.2. The van der Waals surface area contributed by atoms with Crippen molar-refractivity contribution in [3.8, 4) is 0 Å². The van der Waals surface area contributed by atoms with E-state index < -0.39 is 0 Å². The molecule has 1 radical (unpaired) electrons. The summed E-state index contributed by atoms with van der Waals surface area (Å²) in [7, 11) is 0. The molecule has 0 aliphatic heterocycles. The molecule has 0 aliphatic carbocycles. The molecule has 0 aliphatic rings. The van der Waals surface area contributed by atoms with E-state index >= 15 is 0 Å². The number of hydrogen-bond donors (Lipinski definition) is 0. The first kappa shape index (κ1) is 8.86. The fraction of sp³-hybridized carbons (Fsp3) is 0.500. The van der Waals surface area contributed by atoms with E-state index in [4.69, 9.17) is 4.79 Å². The average molecular weight is 51.0 g/mol. The summed E-state index contributed by atoms with van der Waals surface area (Å²) >= 11 is 0. The molecule has 0 amide bonds. The Morgan fingerprint density at radius 2 is 1.75 bits per heavy atom. The molecule has 0 aromatic rings. The van der Waals surface area contributed by atoms with E-state index in [0.717, 1.165) is 6.29 Å². The predicted octanol–water partition coefficient (Wildman–Crippen LogP) is -0.176. The van der Waals surface area contributed by atoms with Crippen molar-refractivity contribution in [3.63, 3.8) is 0 Å². The van der Waals surface area contributed by atoms with Crippen LogP contribution in [0.25, 0.3) is 0 Å². The van der Waals surface area contributed by atoms with Crippen molar-refractivity contribution in [1.29, 1.82) is 0 Å². The van der Waals surface area contributed by atoms with E-state index in [1.54, 1.807) is 0 Å². The second-order valence-corrected chi connectivity index (χ2v) is 0.236. The third-order valence-electron chi connectivity index (χ3n) is 0. The van der Waals surface area contributed by atoms with Crippen LogP contribution in [-0.2, 0) is 4.79 Å². The molecule has 0 fully saturated rings. The Hall–Kier alpha value is 0.267. The number of rotatable bonds is 0. The Morgan fingerprint density at radius 1 is 1.75 bits per heavy atom. The predicted molar refractivity (Wildman–Crippen MR) is 17.5 cm³/mol. The molecule has 0 N–H and O–H groups in total. The molecule has 0 rings (SSSR count). The second kappa shape index (κ2) is 10.5. The maximum Gasteiger partial charge on any atom is 0.116 e. The van der Waals surface area contributed by atoms with E-state index in [9.17, 15) is 0 Å². The zero-order valence-corrected chi connectivity index (χ0v) is 2.99. The van der Waals surface area contributed by atoms with Crippen LogP contribution in [0, 0.1) is 0 Å². The molecule has 0 saturated carbocycles. The van der Waals surface area contributed by atoms with Gasteiger partial charge in [-0.2, -0.15) is 0 Å². The van der Waals surface area contributed by atoms with Crippen molar-refractivity contribution in [2.75, 3.05) is 0 Å². The maximum absolute atomic E-state index is 8.81. The Bertz CT molecular complexity index is 13.5. The van der Waals surface area contributed by atoms with Gasteiger partial charge in [-0.1, -0.05) is 0 Å². The molecule has 0 saturated heterocycles. The minimum absolute atomic E-state index is 0. The van der Waals surface area contributed by atoms with Crippen molar-refractivity contribution in [1.82, 2.24) is 0 Å². The first-order chi connectivity index (χ1) is 1.41. The molecule has 0 aromatic carbocycles. The van der Waals surface area contributed by atoms with Gasteiger partial charge in [-0.3, -0.25) is 0 Å². The first-order valence-electron chi connectivity index (χ1n) is 0.813. The van der Waals surface area contributed by atoms with Crippen molar-refractivity contribution in [3.05, 3.63) is 0 Å². The van der Waals surface area contributed by atoms with E-state index in [0.29, 0.717) is 0 Å². The quantitative estimate of drug-likeness (QED) is 0.275. The van der Waals surface area contributed by atoms with Gasteiger partial charge in [0.25, 0.3) is 0 Å². The summed E-state index contributed by atoms with van der Waals surface area (Å²) in [6.07, 6.45) is 0.750. The summed E-state index contributed by atoms with van der Waals surface area (Å²) in [4.78, 5) is 8.81. The SMILES string of the molecule is CC=O.[Li]. The minimum atomic E-state index is 0. The summed E-state index contributed by atoms with van der Waals surface area (Å²) in [6.45, 7) is 1.44. The molecule has 19 valence electrons. The van der Waals surface area contributed by atoms with Crippen molar-refractivity contribution in [2.24, 2.45) is 0 Å². The van der Waals surface area contributed by atoms with Crippen LogP contribution in [0.1, 0.15) is 6.92 Å². The summed E-state index contributed by atoms with van der Waals surface area (Å²) in [6, 6.07) is 0. The fourth-order valence-corrected chi connectivity index (χ4v) is 0. The van der Waals surface area contributed by atoms with Gasteiger partial charge in [-0.05, 0) is 6.92 Å². The smallest absolute Gasteiger partial charge is 0.116 e. The fourth-order valence-electron chi connectivity index (χ4n) is 0. The van der Waals surface area contributed by atoms with Crippen LogP contribution in [0.5, 0.6) is 0 Å². The van der Waals surface area contributed by atoms with Crippen LogP contribution in [0.2, 0.25) is 0 Å². The molecule has 4 heavy (non-hydrogen) atoms. The molecule has 0 atom stereocenters. The van der Waals surface area contributed by atoms with Crippen LogP contribution < -0.4 is 0 Å². The number of carbonyl (C=O) groups is 1. The van der Waals surface area contributed by atoms with Gasteiger partial charge in [0.05, 0.1) is 0 Å². The topological polar surface area (TPSA) is 17.1 Å². The molecule has 2 heteroatoms. The van der Waals surface area contributed by atoms with E-state index in [2.05, 4.69) is 0 Å². The van der Waals surface area contributed by atoms with Gasteiger partial charge in [0.15, 0.2) is 0 Å². The minimum Gasteiger partial charge on any atom is -0.304 e. The molecular weight excluding hydrogens is 47.0 g/mol. The average Bonchev–Trinajstić information content (AvgIpc) is 0.918. The van der Waals surface area contributed by atoms with Crippen molar-refractivity contribution >= 4 is 25.1 Å². The molecule has 1 nitrogen and oxygen atoms in total. The third-order valence-corrected chi connectivity index (χ3v) is 0. The third kappa shape index (κ3) is 50.9. The van der Waals surface area contributed by atoms with Gasteiger partial charge >= 0.3 is 0 Å². The Labute approximate surface area is 37.6 Å². The van der Waals surface area contributed by atoms with Gasteiger partial charge in [0.1, 0.15) is 6.29 Å². The van der Waals surface area contributed by atoms with Crippen LogP contribution >= 0.6 is 0 Å². The van der Waals surface area contributed by atoms with Gasteiger partial charge in [-0.15, -0.1) is 0 Å². The van der Waals surface area contributed by atoms with Crippen LogP contribution in [0.4, 0.5) is 0 Å². The molecule has 0 aromatic heterocycles. The number of aldehydes is 1. The standard InChI is InChI=1S/C2H4O.Li/c1-2-3;/h2H,1H3;. The molecule has 0 bridgehead atoms. The normalized spacial score (nSPS) is 3.25. The Morgan fingerprint density at radius 3 is 1.75 bits per heavy atom. The molecule has 0 spiro atoms. The Balaban J connectivity index is 0. The summed E-state index contributed by atoms with van der Waals surface area (Å²) in [5.41, 5.74) is 0. The molecular formula is C2H4LiO. The number of hydrogen-bond acceptors (Lipinski definition) is 1. The van der Waals surface area contributed by atoms with Crippen LogP contribution in [0.15, 0.2) is 0 Å². The van der Waals surface area contributed by atoms with E-state index in [1.807, 2.05) is 0 Å². The van der Waals surface area contributed by atoms with Gasteiger partial charge in [0.2, 0.25) is 0 Å². The van der Waals surface area contributed by atoms with Gasteiger partial charge < -0.3 is 4.79 Å². The molecule has 0 heterocycles. The zero-order chi connectivity index (χ0) is 2.71. The zero-order valence-electron chi connectivity index (χ0n) is 2.99. The van der Waals surface area contributed by atoms with Gasteiger partial charge in [0, 0.05) is 18.9 Å². The second-order valence-electron chi connectivity index (χ2n) is 0.236. The van der Waals surface area contributed by atoms with E-state index in [1.165, 1.54) is 6.92 Å². The maximum atomic E-state index is 8.81. The summed E-state index contributed by atoms with van der Waals surface area (Å²) < 4.78 is 0. The van der Waals surface area contributed by atoms with Crippen molar-refractivity contribution < 1.29 is 4.79 Å². The van der Waals surface area contributed by atoms with Crippen LogP contribution in [-0.4, -0.2) is 25.1 Å². The van der Waals surface area contributed by atoms with E-state index in [-0.39, 0.29) is 18.9 Å². The summed E-state index contributed by atoms with van der Waals surface area (Å²) in [5.74, 6) is 0. The monoisotopic (exact) mass is 51.0 g/mol. The number of carbonyl (C=O) groups excluding carboxylic acids is 1.